The minimum atomic E-state index is -0.560. The molecule has 0 bridgehead atoms. The molecule has 0 aromatic carbocycles. The molecule has 2 aromatic heterocycles. The molecule has 3 rings (SSSR count). The van der Waals surface area contributed by atoms with Crippen molar-refractivity contribution in [2.75, 3.05) is 6.54 Å². The van der Waals surface area contributed by atoms with Crippen LogP contribution in [0.1, 0.15) is 23.2 Å². The molecule has 1 amide bonds. The van der Waals surface area contributed by atoms with Gasteiger partial charge in [0.2, 0.25) is 0 Å². The number of aromatic nitrogens is 3. The van der Waals surface area contributed by atoms with Crippen LogP contribution in [-0.2, 0) is 7.05 Å². The lowest BCUT2D eigenvalue weighted by Crippen LogP contribution is -2.38. The maximum absolute atomic E-state index is 12.1. The number of hydrogen-bond donors (Lipinski definition) is 3. The van der Waals surface area contributed by atoms with Crippen LogP contribution in [0.3, 0.4) is 0 Å². The number of carbonyl (C=O) groups is 1. The molecule has 1 unspecified atom stereocenters. The summed E-state index contributed by atoms with van der Waals surface area (Å²) in [4.78, 5) is 41.7. The summed E-state index contributed by atoms with van der Waals surface area (Å²) in [6.07, 6.45) is 3.56. The number of nitrogens with zero attached hydrogens (tertiary/aromatic N) is 2. The monoisotopic (exact) mass is 375 g/mol. The van der Waals surface area contributed by atoms with E-state index in [4.69, 9.17) is 5.73 Å². The summed E-state index contributed by atoms with van der Waals surface area (Å²) < 4.78 is 1.22. The Hall–Kier alpha value is -1.90. The summed E-state index contributed by atoms with van der Waals surface area (Å²) in [6, 6.07) is 1.39. The topological polar surface area (TPSA) is 123 Å². The van der Waals surface area contributed by atoms with E-state index in [0.717, 1.165) is 12.8 Å². The van der Waals surface area contributed by atoms with Gasteiger partial charge in [-0.15, -0.1) is 24.8 Å². The molecule has 10 heteroatoms. The van der Waals surface area contributed by atoms with E-state index < -0.39 is 11.2 Å². The fourth-order valence-corrected chi connectivity index (χ4v) is 2.36. The van der Waals surface area contributed by atoms with Crippen LogP contribution in [0.5, 0.6) is 0 Å². The largest absolute Gasteiger partial charge is 0.350 e. The summed E-state index contributed by atoms with van der Waals surface area (Å²) in [7, 11) is 1.50. The second kappa shape index (κ2) is 7.78. The van der Waals surface area contributed by atoms with Gasteiger partial charge in [-0.3, -0.25) is 19.1 Å². The van der Waals surface area contributed by atoms with Gasteiger partial charge in [0, 0.05) is 25.8 Å². The SMILES string of the molecule is Cl.Cl.Cn1c(=O)[nH]c(=O)c2cc(C(=O)NCC(N)C3CC3)cnc21. The van der Waals surface area contributed by atoms with Gasteiger partial charge in [-0.1, -0.05) is 0 Å². The first-order valence-electron chi connectivity index (χ1n) is 7.10. The van der Waals surface area contributed by atoms with Gasteiger partial charge in [0.15, 0.2) is 0 Å². The lowest BCUT2D eigenvalue weighted by Gasteiger charge is -2.11. The number of amides is 1. The lowest BCUT2D eigenvalue weighted by molar-refractivity contribution is 0.0950. The number of pyridine rings is 1. The highest BCUT2D eigenvalue weighted by atomic mass is 35.5. The number of fused-ring (bicyclic) bond motifs is 1. The molecule has 0 spiro atoms. The van der Waals surface area contributed by atoms with Gasteiger partial charge in [0.1, 0.15) is 5.65 Å². The number of aryl methyl sites for hydroxylation is 1. The van der Waals surface area contributed by atoms with Crippen LogP contribution in [-0.4, -0.2) is 33.0 Å². The maximum atomic E-state index is 12.1. The number of hydrogen-bond acceptors (Lipinski definition) is 5. The number of H-pyrrole nitrogens is 1. The van der Waals surface area contributed by atoms with E-state index in [9.17, 15) is 14.4 Å². The molecule has 0 radical (unpaired) electrons. The Morgan fingerprint density at radius 2 is 2.12 bits per heavy atom. The third kappa shape index (κ3) is 3.95. The molecule has 8 nitrogen and oxygen atoms in total. The van der Waals surface area contributed by atoms with Gasteiger partial charge in [-0.2, -0.15) is 0 Å². The van der Waals surface area contributed by atoms with E-state index in [1.165, 1.54) is 23.9 Å². The third-order valence-electron chi connectivity index (χ3n) is 3.94. The van der Waals surface area contributed by atoms with Crippen LogP contribution in [0, 0.1) is 5.92 Å². The van der Waals surface area contributed by atoms with Crippen molar-refractivity contribution in [3.8, 4) is 0 Å². The van der Waals surface area contributed by atoms with E-state index in [1.54, 1.807) is 0 Å². The molecular weight excluding hydrogens is 357 g/mol. The second-order valence-electron chi connectivity index (χ2n) is 5.62. The van der Waals surface area contributed by atoms with Gasteiger partial charge in [0.05, 0.1) is 10.9 Å². The molecule has 132 valence electrons. The minimum absolute atomic E-state index is 0. The number of halogens is 2. The molecular formula is C14H19Cl2N5O3. The van der Waals surface area contributed by atoms with Crippen molar-refractivity contribution in [1.82, 2.24) is 19.9 Å². The molecule has 0 saturated heterocycles. The molecule has 1 saturated carbocycles. The van der Waals surface area contributed by atoms with Crippen LogP contribution in [0.2, 0.25) is 0 Å². The van der Waals surface area contributed by atoms with Gasteiger partial charge in [0.25, 0.3) is 11.5 Å². The minimum Gasteiger partial charge on any atom is -0.350 e. The summed E-state index contributed by atoms with van der Waals surface area (Å²) in [5.74, 6) is 0.158. The quantitative estimate of drug-likeness (QED) is 0.690. The standard InChI is InChI=1S/C14H17N5O3.2ClH/c1-19-11-9(13(21)18-14(19)22)4-8(5-16-11)12(20)17-6-10(15)7-2-3-7;;/h4-5,7,10H,2-3,6,15H2,1H3,(H,17,20)(H,18,21,22);2*1H. The number of aromatic amines is 1. The Kier molecular flexibility index (Phi) is 6.53. The summed E-state index contributed by atoms with van der Waals surface area (Å²) >= 11 is 0. The molecule has 2 aromatic rings. The van der Waals surface area contributed by atoms with Gasteiger partial charge in [-0.25, -0.2) is 9.78 Å². The highest BCUT2D eigenvalue weighted by molar-refractivity contribution is 5.96. The van der Waals surface area contributed by atoms with Crippen molar-refractivity contribution < 1.29 is 4.79 Å². The van der Waals surface area contributed by atoms with Crippen molar-refractivity contribution in [2.45, 2.75) is 18.9 Å². The summed E-state index contributed by atoms with van der Waals surface area (Å²) in [5.41, 5.74) is 5.33. The number of rotatable bonds is 4. The van der Waals surface area contributed by atoms with Crippen LogP contribution in [0.15, 0.2) is 21.9 Å². The van der Waals surface area contributed by atoms with Gasteiger partial charge in [-0.05, 0) is 24.8 Å². The molecule has 1 fully saturated rings. The number of nitrogens with one attached hydrogen (secondary N) is 2. The van der Waals surface area contributed by atoms with E-state index >= 15 is 0 Å². The molecule has 4 N–H and O–H groups in total. The van der Waals surface area contributed by atoms with Crippen LogP contribution in [0.25, 0.3) is 11.0 Å². The molecule has 1 aliphatic rings. The van der Waals surface area contributed by atoms with Crippen molar-refractivity contribution in [3.63, 3.8) is 0 Å². The maximum Gasteiger partial charge on any atom is 0.329 e. The van der Waals surface area contributed by atoms with Gasteiger partial charge < -0.3 is 11.1 Å². The molecule has 0 aliphatic heterocycles. The van der Waals surface area contributed by atoms with Crippen molar-refractivity contribution in [3.05, 3.63) is 38.7 Å². The van der Waals surface area contributed by atoms with E-state index in [1.807, 2.05) is 0 Å². The zero-order valence-corrected chi connectivity index (χ0v) is 14.6. The van der Waals surface area contributed by atoms with Crippen molar-refractivity contribution in [1.29, 1.82) is 0 Å². The zero-order chi connectivity index (χ0) is 15.9. The normalized spacial score (nSPS) is 14.4. The molecule has 24 heavy (non-hydrogen) atoms. The Bertz CT molecular complexity index is 860. The number of carbonyl (C=O) groups excluding carboxylic acids is 1. The van der Waals surface area contributed by atoms with Crippen molar-refractivity contribution >= 4 is 41.8 Å². The Morgan fingerprint density at radius 1 is 1.46 bits per heavy atom. The van der Waals surface area contributed by atoms with E-state index in [-0.39, 0.29) is 53.4 Å². The highest BCUT2D eigenvalue weighted by Gasteiger charge is 2.28. The first kappa shape index (κ1) is 20.1. The fourth-order valence-electron chi connectivity index (χ4n) is 2.36. The Balaban J connectivity index is 0.00000144. The molecule has 1 aliphatic carbocycles. The Morgan fingerprint density at radius 3 is 2.75 bits per heavy atom. The van der Waals surface area contributed by atoms with Crippen molar-refractivity contribution in [2.24, 2.45) is 18.7 Å². The van der Waals surface area contributed by atoms with Gasteiger partial charge >= 0.3 is 5.69 Å². The van der Waals surface area contributed by atoms with Crippen LogP contribution in [0.4, 0.5) is 0 Å². The van der Waals surface area contributed by atoms with Crippen LogP contribution < -0.4 is 22.3 Å². The third-order valence-corrected chi connectivity index (χ3v) is 3.94. The second-order valence-corrected chi connectivity index (χ2v) is 5.62. The first-order chi connectivity index (χ1) is 10.5. The van der Waals surface area contributed by atoms with Crippen LogP contribution >= 0.6 is 24.8 Å². The summed E-state index contributed by atoms with van der Waals surface area (Å²) in [5, 5.41) is 2.94. The fraction of sp³-hybridized carbons (Fsp3) is 0.429. The average molecular weight is 376 g/mol. The van der Waals surface area contributed by atoms with E-state index in [2.05, 4.69) is 15.3 Å². The molecule has 1 atom stereocenters. The predicted molar refractivity (Wildman–Crippen MR) is 95.1 cm³/mol. The predicted octanol–water partition coefficient (Wildman–Crippen LogP) is -0.0675. The smallest absolute Gasteiger partial charge is 0.329 e. The summed E-state index contributed by atoms with van der Waals surface area (Å²) in [6.45, 7) is 0.394. The average Bonchev–Trinajstić information content (AvgIpc) is 3.34. The molecule has 2 heterocycles. The number of nitrogens with two attached hydrogens (primary N) is 1. The highest BCUT2D eigenvalue weighted by Crippen LogP contribution is 2.31. The first-order valence-corrected chi connectivity index (χ1v) is 7.10. The zero-order valence-electron chi connectivity index (χ0n) is 12.9. The lowest BCUT2D eigenvalue weighted by atomic mass is 10.2. The van der Waals surface area contributed by atoms with E-state index in [0.29, 0.717) is 12.5 Å². The Labute approximate surface area is 149 Å².